The van der Waals surface area contributed by atoms with E-state index >= 15 is 0 Å². The number of pyridine rings is 1. The van der Waals surface area contributed by atoms with E-state index in [-0.39, 0.29) is 5.92 Å². The zero-order chi connectivity index (χ0) is 15.4. The molecule has 1 aliphatic heterocycles. The predicted octanol–water partition coefficient (Wildman–Crippen LogP) is 2.31. The van der Waals surface area contributed by atoms with E-state index in [0.29, 0.717) is 5.92 Å². The van der Waals surface area contributed by atoms with Gasteiger partial charge in [-0.1, -0.05) is 30.9 Å². The number of carbonyl (C=O) groups excluding carboxylic acids is 1. The van der Waals surface area contributed by atoms with Crippen LogP contribution in [0.2, 0.25) is 6.32 Å². The molecule has 0 spiro atoms. The number of hydrogen-bond acceptors (Lipinski definition) is 3. The summed E-state index contributed by atoms with van der Waals surface area (Å²) in [6.45, 7) is 2.85. The van der Waals surface area contributed by atoms with Crippen LogP contribution in [0.5, 0.6) is 0 Å². The number of aromatic nitrogens is 1. The summed E-state index contributed by atoms with van der Waals surface area (Å²) in [5.41, 5.74) is 2.36. The highest BCUT2D eigenvalue weighted by Crippen LogP contribution is 2.28. The third kappa shape index (κ3) is 3.22. The van der Waals surface area contributed by atoms with Crippen LogP contribution in [0.3, 0.4) is 0 Å². The predicted molar refractivity (Wildman–Crippen MR) is 92.6 cm³/mol. The molecule has 3 nitrogen and oxygen atoms in total. The van der Waals surface area contributed by atoms with Crippen molar-refractivity contribution in [2.24, 2.45) is 11.8 Å². The van der Waals surface area contributed by atoms with Crippen molar-refractivity contribution in [1.29, 1.82) is 0 Å². The Morgan fingerprint density at radius 2 is 2.14 bits per heavy atom. The fourth-order valence-corrected chi connectivity index (χ4v) is 3.58. The van der Waals surface area contributed by atoms with E-state index in [1.807, 2.05) is 12.3 Å². The average Bonchev–Trinajstić information content (AvgIpc) is 2.95. The van der Waals surface area contributed by atoms with Gasteiger partial charge in [-0.25, -0.2) is 0 Å². The first-order valence-corrected chi connectivity index (χ1v) is 8.32. The lowest BCUT2D eigenvalue weighted by atomic mass is 9.89. The minimum absolute atomic E-state index is 0.208. The Balaban J connectivity index is 1.74. The van der Waals surface area contributed by atoms with Crippen LogP contribution in [0.4, 0.5) is 0 Å². The normalized spacial score (nSPS) is 22.2. The van der Waals surface area contributed by atoms with Gasteiger partial charge in [0, 0.05) is 37.1 Å². The Hall–Kier alpha value is -1.68. The largest absolute Gasteiger partial charge is 0.303 e. The van der Waals surface area contributed by atoms with Crippen molar-refractivity contribution in [3.05, 3.63) is 42.1 Å². The summed E-state index contributed by atoms with van der Waals surface area (Å²) in [6, 6.07) is 10.4. The minimum atomic E-state index is 0.208. The van der Waals surface area contributed by atoms with Crippen molar-refractivity contribution in [3.8, 4) is 0 Å². The molecule has 0 radical (unpaired) electrons. The second kappa shape index (κ2) is 7.06. The van der Waals surface area contributed by atoms with Crippen molar-refractivity contribution >= 4 is 25.0 Å². The number of carbonyl (C=O) groups is 1. The lowest BCUT2D eigenvalue weighted by molar-refractivity contribution is -0.111. The molecule has 22 heavy (non-hydrogen) atoms. The van der Waals surface area contributed by atoms with Gasteiger partial charge in [0.25, 0.3) is 0 Å². The van der Waals surface area contributed by atoms with E-state index < -0.39 is 0 Å². The molecule has 1 aliphatic rings. The monoisotopic (exact) mass is 294 g/mol. The number of likely N-dealkylation sites (tertiary alicyclic amines) is 1. The number of hydrogen-bond donors (Lipinski definition) is 0. The second-order valence-corrected chi connectivity index (χ2v) is 6.38. The van der Waals surface area contributed by atoms with E-state index in [4.69, 9.17) is 0 Å². The van der Waals surface area contributed by atoms with Crippen molar-refractivity contribution < 1.29 is 4.79 Å². The van der Waals surface area contributed by atoms with E-state index in [1.54, 1.807) is 0 Å². The fraction of sp³-hybridized carbons (Fsp3) is 0.444. The summed E-state index contributed by atoms with van der Waals surface area (Å²) in [5.74, 6) is 0.741. The Morgan fingerprint density at radius 3 is 2.95 bits per heavy atom. The number of nitrogens with zero attached hydrogens (tertiary/aromatic N) is 2. The number of rotatable bonds is 6. The van der Waals surface area contributed by atoms with Gasteiger partial charge in [-0.2, -0.15) is 0 Å². The molecule has 2 aromatic rings. The van der Waals surface area contributed by atoms with Gasteiger partial charge in [-0.3, -0.25) is 9.88 Å². The number of benzene rings is 1. The summed E-state index contributed by atoms with van der Waals surface area (Å²) < 4.78 is 0. The first kappa shape index (κ1) is 15.2. The van der Waals surface area contributed by atoms with Crippen molar-refractivity contribution in [2.75, 3.05) is 13.1 Å². The van der Waals surface area contributed by atoms with Gasteiger partial charge in [0.1, 0.15) is 14.1 Å². The zero-order valence-corrected chi connectivity index (χ0v) is 13.2. The SMILES string of the molecule is BCCC[C@H]1CN(Cc2ccnc3ccccc23)C[C@H]1C=O. The standard InChI is InChI=1S/C18H23BN2O/c19-8-3-4-14-10-21(12-16(14)13-22)11-15-7-9-20-18-6-2-1-5-17(15)18/h1-2,5-7,9,13-14,16H,3-4,8,10-12,19H2/t14-,16-/m0/s1. The molecule has 0 bridgehead atoms. The molecule has 0 unspecified atom stereocenters. The maximum Gasteiger partial charge on any atom is 0.124 e. The van der Waals surface area contributed by atoms with Gasteiger partial charge in [0.05, 0.1) is 5.52 Å². The van der Waals surface area contributed by atoms with Gasteiger partial charge < -0.3 is 4.79 Å². The van der Waals surface area contributed by atoms with Gasteiger partial charge in [-0.15, -0.1) is 0 Å². The molecule has 1 fully saturated rings. The average molecular weight is 294 g/mol. The maximum atomic E-state index is 11.4. The fourth-order valence-electron chi connectivity index (χ4n) is 3.58. The van der Waals surface area contributed by atoms with Crippen LogP contribution in [-0.2, 0) is 11.3 Å². The maximum absolute atomic E-state index is 11.4. The molecule has 2 heterocycles. The van der Waals surface area contributed by atoms with Gasteiger partial charge >= 0.3 is 0 Å². The number of para-hydroxylation sites is 1. The molecular weight excluding hydrogens is 271 g/mol. The molecular formula is C18H23BN2O. The Labute approximate surface area is 133 Å². The van der Waals surface area contributed by atoms with Crippen molar-refractivity contribution in [1.82, 2.24) is 9.88 Å². The van der Waals surface area contributed by atoms with Crippen LogP contribution in [0.25, 0.3) is 10.9 Å². The summed E-state index contributed by atoms with van der Waals surface area (Å²) in [4.78, 5) is 18.2. The first-order valence-electron chi connectivity index (χ1n) is 8.32. The van der Waals surface area contributed by atoms with Gasteiger partial charge in [-0.05, 0) is 30.0 Å². The lowest BCUT2D eigenvalue weighted by Gasteiger charge is -2.17. The highest BCUT2D eigenvalue weighted by Gasteiger charge is 2.31. The number of fused-ring (bicyclic) bond motifs is 1. The van der Waals surface area contributed by atoms with Crippen LogP contribution < -0.4 is 0 Å². The third-order valence-electron chi connectivity index (χ3n) is 4.80. The van der Waals surface area contributed by atoms with Crippen LogP contribution in [-0.4, -0.2) is 37.1 Å². The Morgan fingerprint density at radius 1 is 1.27 bits per heavy atom. The molecule has 1 aromatic carbocycles. The van der Waals surface area contributed by atoms with Gasteiger partial charge in [0.15, 0.2) is 0 Å². The zero-order valence-electron chi connectivity index (χ0n) is 13.2. The molecule has 0 saturated carbocycles. The highest BCUT2D eigenvalue weighted by atomic mass is 16.1. The van der Waals surface area contributed by atoms with Gasteiger partial charge in [0.2, 0.25) is 0 Å². The molecule has 4 heteroatoms. The molecule has 2 atom stereocenters. The Bertz CT molecular complexity index is 641. The highest BCUT2D eigenvalue weighted by molar-refractivity contribution is 6.08. The second-order valence-electron chi connectivity index (χ2n) is 6.38. The molecule has 3 rings (SSSR count). The molecule has 0 N–H and O–H groups in total. The number of aldehydes is 1. The quantitative estimate of drug-likeness (QED) is 0.605. The molecule has 0 amide bonds. The van der Waals surface area contributed by atoms with E-state index in [0.717, 1.165) is 25.2 Å². The molecule has 114 valence electrons. The summed E-state index contributed by atoms with van der Waals surface area (Å²) in [7, 11) is 2.21. The lowest BCUT2D eigenvalue weighted by Crippen LogP contribution is -2.20. The van der Waals surface area contributed by atoms with E-state index in [9.17, 15) is 4.79 Å². The first-order chi connectivity index (χ1) is 10.8. The smallest absolute Gasteiger partial charge is 0.124 e. The molecule has 0 aliphatic carbocycles. The van der Waals surface area contributed by atoms with Crippen molar-refractivity contribution in [3.63, 3.8) is 0 Å². The van der Waals surface area contributed by atoms with E-state index in [2.05, 4.69) is 42.0 Å². The topological polar surface area (TPSA) is 33.2 Å². The minimum Gasteiger partial charge on any atom is -0.303 e. The van der Waals surface area contributed by atoms with E-state index in [1.165, 1.54) is 36.4 Å². The summed E-state index contributed by atoms with van der Waals surface area (Å²) >= 11 is 0. The summed E-state index contributed by atoms with van der Waals surface area (Å²) in [5, 5.41) is 1.23. The molecule has 1 saturated heterocycles. The van der Waals surface area contributed by atoms with Crippen LogP contribution in [0.15, 0.2) is 36.5 Å². The molecule has 1 aromatic heterocycles. The third-order valence-corrected chi connectivity index (χ3v) is 4.80. The van der Waals surface area contributed by atoms with Crippen LogP contribution in [0, 0.1) is 11.8 Å². The van der Waals surface area contributed by atoms with Crippen molar-refractivity contribution in [2.45, 2.75) is 25.7 Å². The Kier molecular flexibility index (Phi) is 4.89. The summed E-state index contributed by atoms with van der Waals surface area (Å²) in [6.07, 6.45) is 6.66. The van der Waals surface area contributed by atoms with Crippen LogP contribution >= 0.6 is 0 Å². The van der Waals surface area contributed by atoms with Crippen LogP contribution in [0.1, 0.15) is 18.4 Å².